The molecule has 0 fully saturated rings. The highest BCUT2D eigenvalue weighted by molar-refractivity contribution is 5.98. The van der Waals surface area contributed by atoms with Crippen molar-refractivity contribution in [2.24, 2.45) is 0 Å². The molecule has 0 aliphatic heterocycles. The molecule has 7 heteroatoms. The number of esters is 1. The van der Waals surface area contributed by atoms with E-state index in [1.54, 1.807) is 45.0 Å². The summed E-state index contributed by atoms with van der Waals surface area (Å²) >= 11 is 0. The first kappa shape index (κ1) is 22.6. The van der Waals surface area contributed by atoms with Gasteiger partial charge >= 0.3 is 5.97 Å². The first-order valence-corrected chi connectivity index (χ1v) is 10.1. The summed E-state index contributed by atoms with van der Waals surface area (Å²) in [4.78, 5) is 12.3. The van der Waals surface area contributed by atoms with Gasteiger partial charge in [0, 0.05) is 17.3 Å². The number of benzene rings is 2. The Balaban J connectivity index is 2.09. The van der Waals surface area contributed by atoms with E-state index in [4.69, 9.17) is 19.3 Å². The number of carbonyl (C=O) groups is 1. The van der Waals surface area contributed by atoms with Gasteiger partial charge in [-0.15, -0.1) is 0 Å². The van der Waals surface area contributed by atoms with Crippen LogP contribution in [0, 0.1) is 11.3 Å². The molecule has 0 saturated carbocycles. The van der Waals surface area contributed by atoms with Crippen molar-refractivity contribution in [1.82, 2.24) is 9.78 Å². The monoisotopic (exact) mass is 431 g/mol. The highest BCUT2D eigenvalue weighted by atomic mass is 16.5. The van der Waals surface area contributed by atoms with Crippen LogP contribution in [0.25, 0.3) is 17.3 Å². The molecule has 1 heterocycles. The Bertz CT molecular complexity index is 1160. The molecule has 3 rings (SSSR count). The van der Waals surface area contributed by atoms with Crippen molar-refractivity contribution >= 4 is 12.0 Å². The van der Waals surface area contributed by atoms with Crippen LogP contribution in [0.4, 0.5) is 0 Å². The second-order valence-electron chi connectivity index (χ2n) is 7.31. The molecule has 3 aromatic rings. The van der Waals surface area contributed by atoms with Crippen LogP contribution in [0.5, 0.6) is 11.5 Å². The third-order valence-corrected chi connectivity index (χ3v) is 4.62. The normalized spacial score (nSPS) is 11.2. The topological polar surface area (TPSA) is 86.4 Å². The number of nitrogens with zero attached hydrogens (tertiary/aromatic N) is 3. The Morgan fingerprint density at radius 2 is 1.84 bits per heavy atom. The zero-order valence-corrected chi connectivity index (χ0v) is 18.5. The van der Waals surface area contributed by atoms with Crippen molar-refractivity contribution in [2.75, 3.05) is 14.2 Å². The lowest BCUT2D eigenvalue weighted by Gasteiger charge is -2.09. The largest absolute Gasteiger partial charge is 0.493 e. The molecule has 0 atom stereocenters. The predicted octanol–water partition coefficient (Wildman–Crippen LogP) is 4.47. The van der Waals surface area contributed by atoms with Gasteiger partial charge in [-0.2, -0.15) is 10.4 Å². The molecular formula is C25H25N3O4. The van der Waals surface area contributed by atoms with Crippen LogP contribution < -0.4 is 9.47 Å². The van der Waals surface area contributed by atoms with Crippen molar-refractivity contribution in [1.29, 1.82) is 5.26 Å². The van der Waals surface area contributed by atoms with E-state index in [9.17, 15) is 10.1 Å². The molecule has 0 unspecified atom stereocenters. The van der Waals surface area contributed by atoms with E-state index in [0.717, 1.165) is 11.1 Å². The molecule has 0 radical (unpaired) electrons. The fourth-order valence-electron chi connectivity index (χ4n) is 3.17. The third kappa shape index (κ3) is 5.35. The van der Waals surface area contributed by atoms with E-state index >= 15 is 0 Å². The second-order valence-corrected chi connectivity index (χ2v) is 7.31. The summed E-state index contributed by atoms with van der Waals surface area (Å²) in [5, 5.41) is 14.3. The number of nitriles is 1. The van der Waals surface area contributed by atoms with E-state index in [2.05, 4.69) is 0 Å². The van der Waals surface area contributed by atoms with Gasteiger partial charge in [0.15, 0.2) is 11.5 Å². The van der Waals surface area contributed by atoms with Crippen LogP contribution in [0.1, 0.15) is 25.0 Å². The molecular weight excluding hydrogens is 406 g/mol. The lowest BCUT2D eigenvalue weighted by atomic mass is 10.1. The van der Waals surface area contributed by atoms with E-state index in [0.29, 0.717) is 29.3 Å². The number of ether oxygens (including phenoxy) is 3. The quantitative estimate of drug-likeness (QED) is 0.297. The fraction of sp³-hybridized carbons (Fsp3) is 0.240. The summed E-state index contributed by atoms with van der Waals surface area (Å²) in [7, 11) is 3.13. The van der Waals surface area contributed by atoms with Crippen molar-refractivity contribution in [3.63, 3.8) is 0 Å². The molecule has 0 amide bonds. The molecule has 0 aliphatic carbocycles. The summed E-state index contributed by atoms with van der Waals surface area (Å²) in [6.07, 6.45) is 2.98. The highest BCUT2D eigenvalue weighted by Crippen LogP contribution is 2.33. The molecule has 0 saturated heterocycles. The average Bonchev–Trinajstić information content (AvgIpc) is 3.19. The third-order valence-electron chi connectivity index (χ3n) is 4.62. The van der Waals surface area contributed by atoms with Crippen LogP contribution in [-0.4, -0.2) is 36.1 Å². The Hall–Kier alpha value is -4.05. The van der Waals surface area contributed by atoms with Crippen LogP contribution in [0.2, 0.25) is 0 Å². The summed E-state index contributed by atoms with van der Waals surface area (Å²) in [5.74, 6) is 0.476. The van der Waals surface area contributed by atoms with Gasteiger partial charge in [0.05, 0.1) is 32.6 Å². The minimum Gasteiger partial charge on any atom is -0.493 e. The van der Waals surface area contributed by atoms with Gasteiger partial charge < -0.3 is 14.2 Å². The van der Waals surface area contributed by atoms with Crippen molar-refractivity contribution in [3.8, 4) is 28.8 Å². The molecule has 0 aliphatic rings. The molecule has 1 aromatic heterocycles. The molecule has 0 spiro atoms. The zero-order chi connectivity index (χ0) is 23.1. The molecule has 0 N–H and O–H groups in total. The second kappa shape index (κ2) is 10.3. The molecule has 164 valence electrons. The van der Waals surface area contributed by atoms with Gasteiger partial charge in [-0.05, 0) is 43.7 Å². The van der Waals surface area contributed by atoms with Gasteiger partial charge in [0.2, 0.25) is 0 Å². The number of aromatic nitrogens is 2. The summed E-state index contributed by atoms with van der Waals surface area (Å²) in [6.45, 7) is 4.01. The van der Waals surface area contributed by atoms with Crippen molar-refractivity contribution in [2.45, 2.75) is 26.5 Å². The van der Waals surface area contributed by atoms with Crippen LogP contribution in [-0.2, 0) is 16.1 Å². The Morgan fingerprint density at radius 1 is 1.12 bits per heavy atom. The number of methoxy groups -OCH3 is 2. The van der Waals surface area contributed by atoms with Crippen molar-refractivity contribution in [3.05, 3.63) is 71.4 Å². The molecule has 2 aromatic carbocycles. The van der Waals surface area contributed by atoms with Gasteiger partial charge in [-0.3, -0.25) is 4.68 Å². The van der Waals surface area contributed by atoms with E-state index in [1.807, 2.05) is 48.5 Å². The van der Waals surface area contributed by atoms with Crippen molar-refractivity contribution < 1.29 is 19.0 Å². The smallest absolute Gasteiger partial charge is 0.349 e. The number of hydrogen-bond acceptors (Lipinski definition) is 6. The first-order valence-electron chi connectivity index (χ1n) is 10.1. The Labute approximate surface area is 187 Å². The van der Waals surface area contributed by atoms with E-state index < -0.39 is 5.97 Å². The number of rotatable bonds is 8. The molecule has 0 bridgehead atoms. The first-order chi connectivity index (χ1) is 15.4. The molecule has 32 heavy (non-hydrogen) atoms. The van der Waals surface area contributed by atoms with Gasteiger partial charge in [0.1, 0.15) is 11.6 Å². The lowest BCUT2D eigenvalue weighted by molar-refractivity contribution is -0.142. The van der Waals surface area contributed by atoms with Gasteiger partial charge in [-0.25, -0.2) is 4.79 Å². The number of carbonyl (C=O) groups excluding carboxylic acids is 1. The summed E-state index contributed by atoms with van der Waals surface area (Å²) in [5.41, 5.74) is 2.96. The highest BCUT2D eigenvalue weighted by Gasteiger charge is 2.17. The average molecular weight is 431 g/mol. The standard InChI is InChI=1S/C25H25N3O4/c1-17(2)32-25(29)20(14-26)12-21-16-28(15-18-8-6-5-7-9-18)27-24(21)19-10-11-22(30-3)23(13-19)31-4/h5-13,16-17H,15H2,1-4H3. The van der Waals surface area contributed by atoms with E-state index in [1.165, 1.54) is 6.08 Å². The summed E-state index contributed by atoms with van der Waals surface area (Å²) in [6, 6.07) is 17.3. The van der Waals surface area contributed by atoms with Crippen LogP contribution >= 0.6 is 0 Å². The van der Waals surface area contributed by atoms with Gasteiger partial charge in [0.25, 0.3) is 0 Å². The van der Waals surface area contributed by atoms with Crippen LogP contribution in [0.3, 0.4) is 0 Å². The van der Waals surface area contributed by atoms with Crippen LogP contribution in [0.15, 0.2) is 60.3 Å². The Morgan fingerprint density at radius 3 is 2.47 bits per heavy atom. The lowest BCUT2D eigenvalue weighted by Crippen LogP contribution is -2.12. The van der Waals surface area contributed by atoms with Gasteiger partial charge in [-0.1, -0.05) is 30.3 Å². The maximum absolute atomic E-state index is 12.3. The minimum absolute atomic E-state index is 0.0975. The fourth-order valence-corrected chi connectivity index (χ4v) is 3.17. The minimum atomic E-state index is -0.670. The zero-order valence-electron chi connectivity index (χ0n) is 18.5. The van der Waals surface area contributed by atoms with E-state index in [-0.39, 0.29) is 11.7 Å². The number of hydrogen-bond donors (Lipinski definition) is 0. The Kier molecular flexibility index (Phi) is 7.29. The maximum Gasteiger partial charge on any atom is 0.349 e. The molecule has 7 nitrogen and oxygen atoms in total. The maximum atomic E-state index is 12.3. The summed E-state index contributed by atoms with van der Waals surface area (Å²) < 4.78 is 17.7. The SMILES string of the molecule is COc1ccc(-c2nn(Cc3ccccc3)cc2C=C(C#N)C(=O)OC(C)C)cc1OC. The predicted molar refractivity (Wildman–Crippen MR) is 121 cm³/mol.